The number of hydrogen-bond acceptors (Lipinski definition) is 6. The summed E-state index contributed by atoms with van der Waals surface area (Å²) in [6.07, 6.45) is 4.03. The molecular formula is C16H22N4O5. The van der Waals surface area contributed by atoms with Gasteiger partial charge in [0.25, 0.3) is 0 Å². The number of nitrogens with two attached hydrogens (primary N) is 1. The molecule has 1 atom stereocenters. The van der Waals surface area contributed by atoms with Crippen molar-refractivity contribution in [3.63, 3.8) is 0 Å². The summed E-state index contributed by atoms with van der Waals surface area (Å²) in [5.41, 5.74) is 4.73. The second-order valence-corrected chi connectivity index (χ2v) is 6.36. The van der Waals surface area contributed by atoms with Crippen LogP contribution in [0.3, 0.4) is 0 Å². The zero-order valence-electron chi connectivity index (χ0n) is 14.1. The molecule has 0 aromatic carbocycles. The van der Waals surface area contributed by atoms with Crippen molar-refractivity contribution in [1.29, 1.82) is 0 Å². The molecule has 25 heavy (non-hydrogen) atoms. The summed E-state index contributed by atoms with van der Waals surface area (Å²) in [6, 6.07) is 0. The monoisotopic (exact) mass is 350 g/mol. The molecular weight excluding hydrogens is 328 g/mol. The number of imidazole rings is 1. The number of hydrogen-bond donors (Lipinski definition) is 1. The molecule has 3 heterocycles. The normalized spacial score (nSPS) is 21.6. The van der Waals surface area contributed by atoms with E-state index in [2.05, 4.69) is 9.72 Å². The Morgan fingerprint density at radius 1 is 1.36 bits per heavy atom. The molecule has 1 saturated heterocycles. The molecule has 2 amide bonds. The molecule has 0 bridgehead atoms. The van der Waals surface area contributed by atoms with Crippen LogP contribution in [-0.2, 0) is 36.0 Å². The summed E-state index contributed by atoms with van der Waals surface area (Å²) in [6.45, 7) is 1.30. The van der Waals surface area contributed by atoms with Gasteiger partial charge in [-0.25, -0.2) is 4.98 Å². The van der Waals surface area contributed by atoms with Crippen LogP contribution in [0.1, 0.15) is 31.5 Å². The van der Waals surface area contributed by atoms with E-state index in [4.69, 9.17) is 10.5 Å². The van der Waals surface area contributed by atoms with Crippen LogP contribution in [0.25, 0.3) is 0 Å². The molecule has 2 N–H and O–H groups in total. The van der Waals surface area contributed by atoms with Crippen molar-refractivity contribution in [2.45, 2.75) is 43.9 Å². The number of amides is 2. The standard InChI is InChI=1S/C16H22N4O5/c1-24-13(22)3-2-12(21)19-7-4-16(5-8-19)15-18-6-9-20(15)10-11(25-16)14(17)23/h6,9,11H,2-5,7-8,10H2,1H3,(H2,17,23). The zero-order chi connectivity index (χ0) is 18.0. The Kier molecular flexibility index (Phi) is 4.76. The molecule has 0 radical (unpaired) electrons. The van der Waals surface area contributed by atoms with Gasteiger partial charge < -0.3 is 24.7 Å². The smallest absolute Gasteiger partial charge is 0.306 e. The van der Waals surface area contributed by atoms with Crippen LogP contribution >= 0.6 is 0 Å². The maximum Gasteiger partial charge on any atom is 0.306 e. The average molecular weight is 350 g/mol. The summed E-state index contributed by atoms with van der Waals surface area (Å²) in [4.78, 5) is 41.1. The van der Waals surface area contributed by atoms with Crippen LogP contribution < -0.4 is 5.73 Å². The Morgan fingerprint density at radius 3 is 2.72 bits per heavy atom. The molecule has 0 aliphatic carbocycles. The zero-order valence-corrected chi connectivity index (χ0v) is 14.1. The first-order valence-corrected chi connectivity index (χ1v) is 8.28. The summed E-state index contributed by atoms with van der Waals surface area (Å²) < 4.78 is 12.5. The van der Waals surface area contributed by atoms with E-state index in [-0.39, 0.29) is 18.7 Å². The molecule has 2 aliphatic rings. The fraction of sp³-hybridized carbons (Fsp3) is 0.625. The van der Waals surface area contributed by atoms with E-state index in [1.54, 1.807) is 11.1 Å². The third kappa shape index (κ3) is 3.37. The predicted octanol–water partition coefficient (Wildman–Crippen LogP) is -0.462. The topological polar surface area (TPSA) is 117 Å². The lowest BCUT2D eigenvalue weighted by atomic mass is 9.88. The summed E-state index contributed by atoms with van der Waals surface area (Å²) in [5, 5.41) is 0. The lowest BCUT2D eigenvalue weighted by Gasteiger charge is -2.45. The number of primary amides is 1. The Labute approximate surface area is 145 Å². The number of esters is 1. The number of likely N-dealkylation sites (tertiary alicyclic amines) is 1. The van der Waals surface area contributed by atoms with E-state index < -0.39 is 23.6 Å². The van der Waals surface area contributed by atoms with Gasteiger partial charge in [0.2, 0.25) is 11.8 Å². The first-order valence-electron chi connectivity index (χ1n) is 8.28. The maximum atomic E-state index is 12.2. The lowest BCUT2D eigenvalue weighted by Crippen LogP contribution is -2.54. The minimum Gasteiger partial charge on any atom is -0.469 e. The first-order chi connectivity index (χ1) is 11.9. The molecule has 1 fully saturated rings. The van der Waals surface area contributed by atoms with E-state index >= 15 is 0 Å². The van der Waals surface area contributed by atoms with Gasteiger partial charge in [0.15, 0.2) is 6.10 Å². The van der Waals surface area contributed by atoms with Gasteiger partial charge >= 0.3 is 5.97 Å². The Morgan fingerprint density at radius 2 is 2.08 bits per heavy atom. The van der Waals surface area contributed by atoms with Crippen LogP contribution in [0.4, 0.5) is 0 Å². The maximum absolute atomic E-state index is 12.2. The number of nitrogens with zero attached hydrogens (tertiary/aromatic N) is 3. The van der Waals surface area contributed by atoms with Gasteiger partial charge in [0, 0.05) is 44.7 Å². The molecule has 1 aromatic rings. The quantitative estimate of drug-likeness (QED) is 0.734. The Hall–Kier alpha value is -2.42. The number of ether oxygens (including phenoxy) is 2. The number of fused-ring (bicyclic) bond motifs is 2. The van der Waals surface area contributed by atoms with Gasteiger partial charge in [-0.2, -0.15) is 0 Å². The van der Waals surface area contributed by atoms with Crippen LogP contribution in [0, 0.1) is 0 Å². The highest BCUT2D eigenvalue weighted by molar-refractivity contribution is 5.81. The molecule has 2 aliphatic heterocycles. The van der Waals surface area contributed by atoms with Crippen molar-refractivity contribution in [1.82, 2.24) is 14.5 Å². The molecule has 1 aromatic heterocycles. The molecule has 136 valence electrons. The second kappa shape index (κ2) is 6.83. The van der Waals surface area contributed by atoms with Crippen LogP contribution in [0.5, 0.6) is 0 Å². The number of aromatic nitrogens is 2. The van der Waals surface area contributed by atoms with Crippen molar-refractivity contribution < 1.29 is 23.9 Å². The number of methoxy groups -OCH3 is 1. The van der Waals surface area contributed by atoms with Gasteiger partial charge in [-0.15, -0.1) is 0 Å². The highest BCUT2D eigenvalue weighted by Gasteiger charge is 2.47. The summed E-state index contributed by atoms with van der Waals surface area (Å²) >= 11 is 0. The molecule has 0 saturated carbocycles. The largest absolute Gasteiger partial charge is 0.469 e. The van der Waals surface area contributed by atoms with Gasteiger partial charge in [-0.1, -0.05) is 0 Å². The number of carbonyl (C=O) groups excluding carboxylic acids is 3. The second-order valence-electron chi connectivity index (χ2n) is 6.36. The van der Waals surface area contributed by atoms with E-state index in [0.29, 0.717) is 32.5 Å². The van der Waals surface area contributed by atoms with Crippen molar-refractivity contribution in [2.24, 2.45) is 5.73 Å². The number of rotatable bonds is 4. The molecule has 9 heteroatoms. The van der Waals surface area contributed by atoms with E-state index in [1.807, 2.05) is 10.8 Å². The SMILES string of the molecule is COC(=O)CCC(=O)N1CCC2(CC1)OC(C(N)=O)Cn1ccnc12. The van der Waals surface area contributed by atoms with Crippen LogP contribution in [0.2, 0.25) is 0 Å². The number of carbonyl (C=O) groups is 3. The molecule has 3 rings (SSSR count). The Balaban J connectivity index is 1.67. The minimum atomic E-state index is -0.708. The molecule has 9 nitrogen and oxygen atoms in total. The van der Waals surface area contributed by atoms with Crippen molar-refractivity contribution >= 4 is 17.8 Å². The van der Waals surface area contributed by atoms with Crippen LogP contribution in [0.15, 0.2) is 12.4 Å². The summed E-state index contributed by atoms with van der Waals surface area (Å²) in [5.74, 6) is -0.225. The van der Waals surface area contributed by atoms with E-state index in [1.165, 1.54) is 7.11 Å². The average Bonchev–Trinajstić information content (AvgIpc) is 3.09. The predicted molar refractivity (Wildman–Crippen MR) is 85.0 cm³/mol. The fourth-order valence-corrected chi connectivity index (χ4v) is 3.47. The van der Waals surface area contributed by atoms with Crippen molar-refractivity contribution in [2.75, 3.05) is 20.2 Å². The summed E-state index contributed by atoms with van der Waals surface area (Å²) in [7, 11) is 1.30. The van der Waals surface area contributed by atoms with Crippen LogP contribution in [-0.4, -0.2) is 58.5 Å². The van der Waals surface area contributed by atoms with Gasteiger partial charge in [0.1, 0.15) is 11.4 Å². The van der Waals surface area contributed by atoms with Crippen molar-refractivity contribution in [3.05, 3.63) is 18.2 Å². The third-order valence-electron chi connectivity index (χ3n) is 4.87. The fourth-order valence-electron chi connectivity index (χ4n) is 3.47. The van der Waals surface area contributed by atoms with Gasteiger partial charge in [0.05, 0.1) is 20.1 Å². The lowest BCUT2D eigenvalue weighted by molar-refractivity contribution is -0.174. The van der Waals surface area contributed by atoms with Crippen molar-refractivity contribution in [3.8, 4) is 0 Å². The number of piperidine rings is 1. The van der Waals surface area contributed by atoms with E-state index in [9.17, 15) is 14.4 Å². The highest BCUT2D eigenvalue weighted by atomic mass is 16.5. The highest BCUT2D eigenvalue weighted by Crippen LogP contribution is 2.40. The molecule has 1 unspecified atom stereocenters. The minimum absolute atomic E-state index is 0.0711. The third-order valence-corrected chi connectivity index (χ3v) is 4.87. The van der Waals surface area contributed by atoms with Gasteiger partial charge in [-0.05, 0) is 0 Å². The Bertz CT molecular complexity index is 678. The first kappa shape index (κ1) is 17.4. The van der Waals surface area contributed by atoms with Gasteiger partial charge in [-0.3, -0.25) is 14.4 Å². The van der Waals surface area contributed by atoms with E-state index in [0.717, 1.165) is 5.82 Å². The molecule has 1 spiro atoms.